The van der Waals surface area contributed by atoms with Crippen molar-refractivity contribution in [2.75, 3.05) is 0 Å². The zero-order chi connectivity index (χ0) is 19.6. The minimum absolute atomic E-state index is 0.120. The zero-order valence-electron chi connectivity index (χ0n) is 14.7. The molecular formula is C21H19F5O. The van der Waals surface area contributed by atoms with Crippen molar-refractivity contribution in [2.45, 2.75) is 55.5 Å². The molecule has 3 fully saturated rings. The smallest absolute Gasteiger partial charge is 0.289 e. The molecule has 0 amide bonds. The highest BCUT2D eigenvalue weighted by Gasteiger charge is 2.73. The van der Waals surface area contributed by atoms with Crippen molar-refractivity contribution in [3.05, 3.63) is 64.7 Å². The van der Waals surface area contributed by atoms with Gasteiger partial charge in [-0.3, -0.25) is 0 Å². The Kier molecular flexibility index (Phi) is 3.85. The summed E-state index contributed by atoms with van der Waals surface area (Å²) in [6, 6.07) is 8.69. The van der Waals surface area contributed by atoms with Gasteiger partial charge in [-0.2, -0.15) is 4.39 Å². The van der Waals surface area contributed by atoms with Gasteiger partial charge in [-0.1, -0.05) is 35.9 Å². The number of phenolic OH excluding ortho intramolecular Hbond substituents is 1. The maximum absolute atomic E-state index is 15.3. The van der Waals surface area contributed by atoms with Crippen LogP contribution in [0.2, 0.25) is 0 Å². The molecule has 2 aromatic rings. The normalized spacial score (nSPS) is 31.9. The highest BCUT2D eigenvalue weighted by atomic mass is 19.3. The van der Waals surface area contributed by atoms with Crippen molar-refractivity contribution in [1.29, 1.82) is 0 Å². The van der Waals surface area contributed by atoms with E-state index >= 15 is 13.2 Å². The summed E-state index contributed by atoms with van der Waals surface area (Å²) in [5.41, 5.74) is -2.53. The summed E-state index contributed by atoms with van der Waals surface area (Å²) in [4.78, 5) is 0. The third kappa shape index (κ3) is 2.21. The molecular weight excluding hydrogens is 363 g/mol. The fourth-order valence-electron chi connectivity index (χ4n) is 4.98. The predicted octanol–water partition coefficient (Wildman–Crippen LogP) is 5.72. The van der Waals surface area contributed by atoms with E-state index in [1.54, 1.807) is 24.3 Å². The fourth-order valence-corrected chi connectivity index (χ4v) is 4.98. The van der Waals surface area contributed by atoms with Gasteiger partial charge in [0, 0.05) is 11.0 Å². The lowest BCUT2D eigenvalue weighted by Gasteiger charge is -2.59. The maximum Gasteiger partial charge on any atom is 0.289 e. The molecule has 2 aromatic carbocycles. The van der Waals surface area contributed by atoms with Gasteiger partial charge in [-0.15, -0.1) is 0 Å². The molecule has 2 bridgehead atoms. The summed E-state index contributed by atoms with van der Waals surface area (Å²) in [6.07, 6.45) is -2.58. The van der Waals surface area contributed by atoms with E-state index < -0.39 is 45.9 Å². The van der Waals surface area contributed by atoms with Gasteiger partial charge in [0.25, 0.3) is 5.92 Å². The third-order valence-corrected chi connectivity index (χ3v) is 6.64. The Morgan fingerprint density at radius 2 is 1.48 bits per heavy atom. The van der Waals surface area contributed by atoms with Crippen molar-refractivity contribution < 1.29 is 27.1 Å². The number of fused-ring (bicyclic) bond motifs is 3. The van der Waals surface area contributed by atoms with Crippen LogP contribution in [0.25, 0.3) is 0 Å². The number of phenols is 1. The van der Waals surface area contributed by atoms with E-state index in [2.05, 4.69) is 0 Å². The Morgan fingerprint density at radius 1 is 0.889 bits per heavy atom. The summed E-state index contributed by atoms with van der Waals surface area (Å²) in [6.45, 7) is 1.86. The molecule has 6 heteroatoms. The summed E-state index contributed by atoms with van der Waals surface area (Å²) < 4.78 is 74.3. The lowest BCUT2D eigenvalue weighted by atomic mass is 9.47. The summed E-state index contributed by atoms with van der Waals surface area (Å²) in [5, 5.41) is 9.31. The second-order valence-electron chi connectivity index (χ2n) is 7.85. The quantitative estimate of drug-likeness (QED) is 0.659. The molecule has 144 valence electrons. The first-order valence-corrected chi connectivity index (χ1v) is 8.92. The molecule has 3 aliphatic carbocycles. The third-order valence-electron chi connectivity index (χ3n) is 6.64. The highest BCUT2D eigenvalue weighted by Crippen LogP contribution is 2.66. The Bertz CT molecular complexity index is 882. The van der Waals surface area contributed by atoms with Gasteiger partial charge in [-0.25, -0.2) is 17.6 Å². The van der Waals surface area contributed by atoms with Crippen molar-refractivity contribution in [3.63, 3.8) is 0 Å². The number of aryl methyl sites for hydroxylation is 1. The molecule has 1 N–H and O–H groups in total. The molecule has 3 saturated carbocycles. The number of aromatic hydroxyl groups is 1. The van der Waals surface area contributed by atoms with Crippen LogP contribution in [0.15, 0.2) is 36.4 Å². The average Bonchev–Trinajstić information content (AvgIpc) is 2.65. The molecule has 1 unspecified atom stereocenters. The first-order valence-electron chi connectivity index (χ1n) is 8.92. The van der Waals surface area contributed by atoms with Crippen LogP contribution < -0.4 is 0 Å². The molecule has 0 saturated heterocycles. The molecule has 1 atom stereocenters. The first kappa shape index (κ1) is 18.3. The van der Waals surface area contributed by atoms with Crippen LogP contribution in [-0.4, -0.2) is 17.2 Å². The van der Waals surface area contributed by atoms with Gasteiger partial charge in [-0.05, 0) is 44.2 Å². The van der Waals surface area contributed by atoms with Crippen molar-refractivity contribution in [3.8, 4) is 5.75 Å². The van der Waals surface area contributed by atoms with Gasteiger partial charge >= 0.3 is 0 Å². The Balaban J connectivity index is 1.83. The van der Waals surface area contributed by atoms with Gasteiger partial charge in [0.05, 0.1) is 5.41 Å². The predicted molar refractivity (Wildman–Crippen MR) is 90.9 cm³/mol. The van der Waals surface area contributed by atoms with Crippen LogP contribution in [-0.2, 0) is 10.8 Å². The number of benzene rings is 2. The minimum atomic E-state index is -3.86. The van der Waals surface area contributed by atoms with Crippen molar-refractivity contribution in [2.24, 2.45) is 0 Å². The van der Waals surface area contributed by atoms with Gasteiger partial charge < -0.3 is 5.11 Å². The van der Waals surface area contributed by atoms with Crippen LogP contribution in [0.4, 0.5) is 22.0 Å². The molecule has 1 nitrogen and oxygen atoms in total. The number of hydrogen-bond acceptors (Lipinski definition) is 1. The molecule has 27 heavy (non-hydrogen) atoms. The fraction of sp³-hybridized carbons (Fsp3) is 0.429. The van der Waals surface area contributed by atoms with E-state index in [1.165, 1.54) is 0 Å². The molecule has 0 aliphatic heterocycles. The van der Waals surface area contributed by atoms with Crippen LogP contribution in [0.5, 0.6) is 5.75 Å². The Morgan fingerprint density at radius 3 is 2.07 bits per heavy atom. The summed E-state index contributed by atoms with van der Waals surface area (Å²) in [5.74, 6) is -7.91. The van der Waals surface area contributed by atoms with Crippen LogP contribution >= 0.6 is 0 Å². The van der Waals surface area contributed by atoms with E-state index in [4.69, 9.17) is 0 Å². The van der Waals surface area contributed by atoms with Gasteiger partial charge in [0.15, 0.2) is 17.7 Å². The van der Waals surface area contributed by atoms with Gasteiger partial charge in [0.1, 0.15) is 0 Å². The molecule has 0 heterocycles. The highest BCUT2D eigenvalue weighted by molar-refractivity contribution is 5.43. The number of rotatable bonds is 2. The van der Waals surface area contributed by atoms with E-state index in [-0.39, 0.29) is 25.7 Å². The van der Waals surface area contributed by atoms with Crippen molar-refractivity contribution in [1.82, 2.24) is 0 Å². The second kappa shape index (κ2) is 5.69. The Hall–Kier alpha value is -2.11. The Labute approximate surface area is 153 Å². The SMILES string of the molecule is Cc1ccc(C23CCC(c4ccc(O)c(F)c4F)(CC2)C(F)(F)C3F)cc1. The zero-order valence-corrected chi connectivity index (χ0v) is 14.7. The van der Waals surface area contributed by atoms with E-state index in [1.807, 2.05) is 6.92 Å². The van der Waals surface area contributed by atoms with E-state index in [0.717, 1.165) is 17.7 Å². The van der Waals surface area contributed by atoms with E-state index in [9.17, 15) is 13.9 Å². The van der Waals surface area contributed by atoms with Gasteiger partial charge in [0.2, 0.25) is 5.82 Å². The van der Waals surface area contributed by atoms with Crippen molar-refractivity contribution >= 4 is 0 Å². The molecule has 0 radical (unpaired) electrons. The number of alkyl halides is 3. The molecule has 0 spiro atoms. The molecule has 0 aromatic heterocycles. The van der Waals surface area contributed by atoms with E-state index in [0.29, 0.717) is 5.56 Å². The maximum atomic E-state index is 15.3. The summed E-state index contributed by atoms with van der Waals surface area (Å²) in [7, 11) is 0. The lowest BCUT2D eigenvalue weighted by Crippen LogP contribution is -2.67. The topological polar surface area (TPSA) is 20.2 Å². The molecule has 5 rings (SSSR count). The first-order chi connectivity index (χ1) is 12.7. The molecule has 3 aliphatic rings. The largest absolute Gasteiger partial charge is 0.505 e. The van der Waals surface area contributed by atoms with Crippen LogP contribution in [0, 0.1) is 18.6 Å². The number of hydrogen-bond donors (Lipinski definition) is 1. The number of halogens is 5. The monoisotopic (exact) mass is 382 g/mol. The lowest BCUT2D eigenvalue weighted by molar-refractivity contribution is -0.216. The minimum Gasteiger partial charge on any atom is -0.505 e. The summed E-state index contributed by atoms with van der Waals surface area (Å²) >= 11 is 0. The van der Waals surface area contributed by atoms with Crippen LogP contribution in [0.3, 0.4) is 0 Å². The second-order valence-corrected chi connectivity index (χ2v) is 7.85. The average molecular weight is 382 g/mol. The van der Waals surface area contributed by atoms with Crippen LogP contribution in [0.1, 0.15) is 42.4 Å². The standard InChI is InChI=1S/C21H19F5O/c1-12-2-4-13(5-3-12)19-8-10-20(11-9-19,21(25,26)18(19)24)14-6-7-15(27)17(23)16(14)22/h2-7,18,27H,8-11H2,1H3.